The van der Waals surface area contributed by atoms with Crippen LogP contribution >= 0.6 is 0 Å². The lowest BCUT2D eigenvalue weighted by atomic mass is 9.70. The molecule has 59 heavy (non-hydrogen) atoms. The Bertz CT molecular complexity index is 3100. The van der Waals surface area contributed by atoms with Crippen LogP contribution in [0.1, 0.15) is 22.3 Å². The van der Waals surface area contributed by atoms with E-state index in [2.05, 4.69) is 235 Å². The normalized spacial score (nSPS) is 13.2. The van der Waals surface area contributed by atoms with E-state index in [1.54, 1.807) is 0 Å². The van der Waals surface area contributed by atoms with E-state index < -0.39 is 5.41 Å². The lowest BCUT2D eigenvalue weighted by Gasteiger charge is -2.34. The molecule has 0 unspecified atom stereocenters. The van der Waals surface area contributed by atoms with Crippen LogP contribution in [-0.2, 0) is 5.41 Å². The minimum Gasteiger partial charge on any atom is -0.316 e. The summed E-state index contributed by atoms with van der Waals surface area (Å²) in [5.41, 5.74) is 15.2. The van der Waals surface area contributed by atoms with E-state index in [4.69, 9.17) is 0 Å². The average molecular weight is 753 g/mol. The summed E-state index contributed by atoms with van der Waals surface area (Å²) in [6.07, 6.45) is 10.2. The predicted molar refractivity (Wildman–Crippen MR) is 249 cm³/mol. The molecule has 2 aliphatic rings. The van der Waals surface area contributed by atoms with Crippen molar-refractivity contribution in [2.75, 3.05) is 9.80 Å². The van der Waals surface area contributed by atoms with Gasteiger partial charge in [0, 0.05) is 33.9 Å². The first-order valence-electron chi connectivity index (χ1n) is 20.3. The fraction of sp³-hybridized carbons (Fsp3) is 0.0175. The highest BCUT2D eigenvalue weighted by Gasteiger charge is 2.52. The van der Waals surface area contributed by atoms with Crippen LogP contribution in [0.5, 0.6) is 0 Å². The fourth-order valence-corrected chi connectivity index (χ4v) is 9.89. The van der Waals surface area contributed by atoms with Gasteiger partial charge in [-0.3, -0.25) is 0 Å². The third-order valence-corrected chi connectivity index (χ3v) is 12.2. The van der Waals surface area contributed by atoms with Crippen molar-refractivity contribution in [3.63, 3.8) is 0 Å². The maximum absolute atomic E-state index is 3.95. The number of fused-ring (bicyclic) bond motifs is 12. The molecule has 0 heterocycles. The Hall–Kier alpha value is -7.68. The molecule has 2 aliphatic carbocycles. The zero-order chi connectivity index (χ0) is 39.3. The van der Waals surface area contributed by atoms with Crippen molar-refractivity contribution in [2.24, 2.45) is 0 Å². The average Bonchev–Trinajstić information content (AvgIpc) is 3.77. The van der Waals surface area contributed by atoms with Gasteiger partial charge >= 0.3 is 0 Å². The Labute approximate surface area is 345 Å². The molecule has 2 nitrogen and oxygen atoms in total. The monoisotopic (exact) mass is 752 g/mol. The number of benzene rings is 9. The Morgan fingerprint density at radius 2 is 0.915 bits per heavy atom. The highest BCUT2D eigenvalue weighted by atomic mass is 15.2. The zero-order valence-corrected chi connectivity index (χ0v) is 32.5. The van der Waals surface area contributed by atoms with Crippen molar-refractivity contribution in [2.45, 2.75) is 5.41 Å². The Balaban J connectivity index is 1.32. The second-order valence-corrected chi connectivity index (χ2v) is 15.3. The topological polar surface area (TPSA) is 6.48 Å². The van der Waals surface area contributed by atoms with Gasteiger partial charge in [-0.05, 0) is 92.2 Å². The lowest BCUT2D eigenvalue weighted by Crippen LogP contribution is -2.26. The van der Waals surface area contributed by atoms with Crippen LogP contribution in [0.3, 0.4) is 0 Å². The van der Waals surface area contributed by atoms with Gasteiger partial charge in [0.25, 0.3) is 0 Å². The maximum atomic E-state index is 3.95. The molecule has 9 aromatic carbocycles. The molecular formula is C57H40N2. The molecule has 0 saturated heterocycles. The molecule has 11 rings (SSSR count). The molecule has 1 spiro atoms. The molecule has 0 radical (unpaired) electrons. The van der Waals surface area contributed by atoms with Crippen LogP contribution in [-0.4, -0.2) is 0 Å². The standard InChI is InChI=1S/C57H40N2/c1-2-3-4-18-37-58(53-35-19-23-40-21-8-10-27-44(40)53)55-39-43(59(42-25-6-5-7-26-42)54-36-20-24-41-22-9-11-28-45(41)54)38-52-56(55)48-31-14-17-34-51(48)57(52)49-32-15-12-29-46(49)47-30-13-16-33-50(47)57/h2-39H,1H2/b4-3-,37-18-. The summed E-state index contributed by atoms with van der Waals surface area (Å²) in [6.45, 7) is 3.95. The van der Waals surface area contributed by atoms with Crippen LogP contribution in [0.2, 0.25) is 0 Å². The van der Waals surface area contributed by atoms with E-state index in [9.17, 15) is 0 Å². The van der Waals surface area contributed by atoms with E-state index >= 15 is 0 Å². The molecule has 0 aliphatic heterocycles. The number of hydrogen-bond donors (Lipinski definition) is 0. The van der Waals surface area contributed by atoms with E-state index in [0.717, 1.165) is 28.4 Å². The number of allylic oxidation sites excluding steroid dienone is 4. The third kappa shape index (κ3) is 5.27. The predicted octanol–water partition coefficient (Wildman–Crippen LogP) is 15.2. The summed E-state index contributed by atoms with van der Waals surface area (Å²) >= 11 is 0. The molecule has 9 aromatic rings. The summed E-state index contributed by atoms with van der Waals surface area (Å²) in [4.78, 5) is 4.87. The van der Waals surface area contributed by atoms with Crippen molar-refractivity contribution in [3.8, 4) is 22.3 Å². The second kappa shape index (κ2) is 14.1. The minimum absolute atomic E-state index is 0.554. The van der Waals surface area contributed by atoms with Crippen molar-refractivity contribution in [3.05, 3.63) is 260 Å². The summed E-state index contributed by atoms with van der Waals surface area (Å²) in [6, 6.07) is 73.6. The highest BCUT2D eigenvalue weighted by molar-refractivity contribution is 6.06. The zero-order valence-electron chi connectivity index (χ0n) is 32.5. The van der Waals surface area contributed by atoms with Gasteiger partial charge in [-0.15, -0.1) is 0 Å². The van der Waals surface area contributed by atoms with Gasteiger partial charge in [-0.1, -0.05) is 189 Å². The highest BCUT2D eigenvalue weighted by Crippen LogP contribution is 2.65. The van der Waals surface area contributed by atoms with Crippen LogP contribution in [0.15, 0.2) is 237 Å². The van der Waals surface area contributed by atoms with Gasteiger partial charge in [-0.2, -0.15) is 0 Å². The molecule has 0 bridgehead atoms. The van der Waals surface area contributed by atoms with Crippen LogP contribution in [0, 0.1) is 0 Å². The number of para-hydroxylation sites is 1. The van der Waals surface area contributed by atoms with Crippen molar-refractivity contribution in [1.29, 1.82) is 0 Å². The summed E-state index contributed by atoms with van der Waals surface area (Å²) in [7, 11) is 0. The number of nitrogens with zero attached hydrogens (tertiary/aromatic N) is 2. The maximum Gasteiger partial charge on any atom is 0.0727 e. The van der Waals surface area contributed by atoms with Gasteiger partial charge in [0.1, 0.15) is 0 Å². The molecule has 278 valence electrons. The van der Waals surface area contributed by atoms with Crippen LogP contribution in [0.4, 0.5) is 28.4 Å². The smallest absolute Gasteiger partial charge is 0.0727 e. The van der Waals surface area contributed by atoms with Crippen LogP contribution < -0.4 is 9.80 Å². The molecule has 0 saturated carbocycles. The second-order valence-electron chi connectivity index (χ2n) is 15.3. The van der Waals surface area contributed by atoms with Gasteiger partial charge in [0.15, 0.2) is 0 Å². The molecule has 0 atom stereocenters. The number of hydrogen-bond acceptors (Lipinski definition) is 2. The first-order chi connectivity index (χ1) is 29.3. The summed E-state index contributed by atoms with van der Waals surface area (Å²) in [5, 5.41) is 4.76. The molecule has 0 aromatic heterocycles. The molecule has 0 amide bonds. The quantitative estimate of drug-likeness (QED) is 0.143. The summed E-state index contributed by atoms with van der Waals surface area (Å²) < 4.78 is 0. The molecular weight excluding hydrogens is 713 g/mol. The van der Waals surface area contributed by atoms with E-state index in [1.807, 2.05) is 12.2 Å². The first kappa shape index (κ1) is 34.6. The Morgan fingerprint density at radius 3 is 1.58 bits per heavy atom. The summed E-state index contributed by atoms with van der Waals surface area (Å²) in [5.74, 6) is 0. The molecule has 0 fully saturated rings. The van der Waals surface area contributed by atoms with E-state index in [-0.39, 0.29) is 0 Å². The molecule has 2 heteroatoms. The van der Waals surface area contributed by atoms with Gasteiger partial charge in [0.2, 0.25) is 0 Å². The lowest BCUT2D eigenvalue weighted by molar-refractivity contribution is 0.793. The van der Waals surface area contributed by atoms with E-state index in [1.165, 1.54) is 66.1 Å². The first-order valence-corrected chi connectivity index (χ1v) is 20.3. The number of anilines is 5. The molecule has 0 N–H and O–H groups in total. The van der Waals surface area contributed by atoms with Gasteiger partial charge in [-0.25, -0.2) is 0 Å². The van der Waals surface area contributed by atoms with Crippen molar-refractivity contribution in [1.82, 2.24) is 0 Å². The number of rotatable bonds is 8. The third-order valence-electron chi connectivity index (χ3n) is 12.2. The largest absolute Gasteiger partial charge is 0.316 e. The SMILES string of the molecule is C=C/C=C\C=C/N(c1cc(N(c2ccccc2)c2cccc3ccccc23)cc2c1-c1ccccc1C21c2ccccc2-c2ccccc21)c1cccc2ccccc12. The Morgan fingerprint density at radius 1 is 0.390 bits per heavy atom. The van der Waals surface area contributed by atoms with Gasteiger partial charge < -0.3 is 9.80 Å². The van der Waals surface area contributed by atoms with Crippen LogP contribution in [0.25, 0.3) is 43.8 Å². The van der Waals surface area contributed by atoms with Gasteiger partial charge in [0.05, 0.1) is 22.5 Å². The van der Waals surface area contributed by atoms with Crippen molar-refractivity contribution < 1.29 is 0 Å². The van der Waals surface area contributed by atoms with E-state index in [0.29, 0.717) is 0 Å². The Kier molecular flexibility index (Phi) is 8.23. The fourth-order valence-electron chi connectivity index (χ4n) is 9.89. The van der Waals surface area contributed by atoms with Crippen molar-refractivity contribution >= 4 is 50.0 Å². The minimum atomic E-state index is -0.554.